The summed E-state index contributed by atoms with van der Waals surface area (Å²) in [5.74, 6) is -0.0975. The van der Waals surface area contributed by atoms with Crippen LogP contribution in [0, 0.1) is 6.92 Å². The molecular weight excluding hydrogens is 426 g/mol. The molecule has 1 atom stereocenters. The summed E-state index contributed by atoms with van der Waals surface area (Å²) in [6.07, 6.45) is 5.57. The molecule has 1 fully saturated rings. The first-order valence-corrected chi connectivity index (χ1v) is 10.9. The molecule has 8 heteroatoms. The normalized spacial score (nSPS) is 16.4. The van der Waals surface area contributed by atoms with Crippen molar-refractivity contribution in [3.63, 3.8) is 0 Å². The number of nitrogens with zero attached hydrogens (tertiary/aromatic N) is 5. The maximum Gasteiger partial charge on any atom is 0.259 e. The maximum atomic E-state index is 13.2. The third-order valence-electron chi connectivity index (χ3n) is 5.50. The lowest BCUT2D eigenvalue weighted by Gasteiger charge is -2.32. The van der Waals surface area contributed by atoms with Crippen LogP contribution in [0.3, 0.4) is 0 Å². The molecule has 1 unspecified atom stereocenters. The highest BCUT2D eigenvalue weighted by Gasteiger charge is 2.29. The van der Waals surface area contributed by atoms with Crippen LogP contribution >= 0.6 is 11.6 Å². The maximum absolute atomic E-state index is 13.2. The van der Waals surface area contributed by atoms with E-state index in [0.29, 0.717) is 42.4 Å². The summed E-state index contributed by atoms with van der Waals surface area (Å²) in [5.41, 5.74) is 4.88. The molecule has 1 aliphatic rings. The highest BCUT2D eigenvalue weighted by Crippen LogP contribution is 2.24. The average Bonchev–Trinajstić information content (AvgIpc) is 3.22. The molecule has 0 aliphatic carbocycles. The van der Waals surface area contributed by atoms with Crippen LogP contribution in [0.15, 0.2) is 61.1 Å². The van der Waals surface area contributed by atoms with Gasteiger partial charge in [0.25, 0.3) is 5.91 Å². The van der Waals surface area contributed by atoms with Crippen molar-refractivity contribution in [1.29, 1.82) is 0 Å². The van der Waals surface area contributed by atoms with E-state index in [4.69, 9.17) is 21.3 Å². The van der Waals surface area contributed by atoms with Crippen molar-refractivity contribution in [2.45, 2.75) is 19.4 Å². The predicted octanol–water partition coefficient (Wildman–Crippen LogP) is 3.89. The SMILES string of the molecule is Cc1cnc2c(C(=O)N3CCOC(c4cccc(Cc5cccc(Cl)c5)n4)C3)cnn2c1. The summed E-state index contributed by atoms with van der Waals surface area (Å²) in [7, 11) is 0. The summed E-state index contributed by atoms with van der Waals surface area (Å²) >= 11 is 6.11. The number of aryl methyl sites for hydroxylation is 1. The van der Waals surface area contributed by atoms with Crippen LogP contribution < -0.4 is 0 Å². The number of morpholine rings is 1. The second kappa shape index (κ2) is 8.68. The Morgan fingerprint density at radius 1 is 1.22 bits per heavy atom. The number of aromatic nitrogens is 4. The van der Waals surface area contributed by atoms with Gasteiger partial charge in [-0.3, -0.25) is 9.78 Å². The van der Waals surface area contributed by atoms with Gasteiger partial charge in [-0.1, -0.05) is 29.8 Å². The fourth-order valence-electron chi connectivity index (χ4n) is 3.93. The zero-order valence-electron chi connectivity index (χ0n) is 17.6. The smallest absolute Gasteiger partial charge is 0.259 e. The largest absolute Gasteiger partial charge is 0.368 e. The number of fused-ring (bicyclic) bond motifs is 1. The number of pyridine rings is 1. The monoisotopic (exact) mass is 447 g/mol. The zero-order valence-corrected chi connectivity index (χ0v) is 18.4. The second-order valence-corrected chi connectivity index (χ2v) is 8.37. The van der Waals surface area contributed by atoms with Gasteiger partial charge in [-0.2, -0.15) is 5.10 Å². The Hall–Kier alpha value is -3.29. The molecule has 4 heterocycles. The lowest BCUT2D eigenvalue weighted by molar-refractivity contribution is -0.0247. The Labute approximate surface area is 190 Å². The van der Waals surface area contributed by atoms with Gasteiger partial charge >= 0.3 is 0 Å². The lowest BCUT2D eigenvalue weighted by Crippen LogP contribution is -2.42. The van der Waals surface area contributed by atoms with Crippen molar-refractivity contribution in [2.75, 3.05) is 19.7 Å². The van der Waals surface area contributed by atoms with E-state index in [0.717, 1.165) is 22.5 Å². The van der Waals surface area contributed by atoms with E-state index in [1.165, 1.54) is 0 Å². The van der Waals surface area contributed by atoms with Crippen molar-refractivity contribution < 1.29 is 9.53 Å². The number of hydrogen-bond donors (Lipinski definition) is 0. The Kier molecular flexibility index (Phi) is 5.59. The summed E-state index contributed by atoms with van der Waals surface area (Å²) in [5, 5.41) is 4.99. The third kappa shape index (κ3) is 4.22. The number of ether oxygens (including phenoxy) is 1. The van der Waals surface area contributed by atoms with Gasteiger partial charge in [0.2, 0.25) is 0 Å². The summed E-state index contributed by atoms with van der Waals surface area (Å²) in [6, 6.07) is 13.7. The molecule has 162 valence electrons. The average molecular weight is 448 g/mol. The van der Waals surface area contributed by atoms with Crippen molar-refractivity contribution in [3.8, 4) is 0 Å². The van der Waals surface area contributed by atoms with E-state index in [9.17, 15) is 4.79 Å². The topological polar surface area (TPSA) is 72.6 Å². The molecule has 7 nitrogen and oxygen atoms in total. The molecule has 0 N–H and O–H groups in total. The number of hydrogen-bond acceptors (Lipinski definition) is 5. The van der Waals surface area contributed by atoms with E-state index < -0.39 is 0 Å². The predicted molar refractivity (Wildman–Crippen MR) is 121 cm³/mol. The number of benzene rings is 1. The van der Waals surface area contributed by atoms with Gasteiger partial charge in [-0.15, -0.1) is 0 Å². The van der Waals surface area contributed by atoms with E-state index in [-0.39, 0.29) is 12.0 Å². The van der Waals surface area contributed by atoms with Gasteiger partial charge in [0.1, 0.15) is 11.7 Å². The molecule has 0 radical (unpaired) electrons. The van der Waals surface area contributed by atoms with Gasteiger partial charge in [0.05, 0.1) is 25.0 Å². The Morgan fingerprint density at radius 2 is 2.09 bits per heavy atom. The molecule has 0 bridgehead atoms. The van der Waals surface area contributed by atoms with E-state index >= 15 is 0 Å². The van der Waals surface area contributed by atoms with Gasteiger partial charge in [0, 0.05) is 36.1 Å². The number of carbonyl (C=O) groups excluding carboxylic acids is 1. The minimum Gasteiger partial charge on any atom is -0.368 e. The lowest BCUT2D eigenvalue weighted by atomic mass is 10.1. The third-order valence-corrected chi connectivity index (χ3v) is 5.74. The molecule has 5 rings (SSSR count). The van der Waals surface area contributed by atoms with Crippen molar-refractivity contribution >= 4 is 23.2 Å². The van der Waals surface area contributed by atoms with Crippen LogP contribution in [0.2, 0.25) is 5.02 Å². The molecule has 0 spiro atoms. The molecule has 0 saturated carbocycles. The zero-order chi connectivity index (χ0) is 22.1. The molecule has 1 saturated heterocycles. The number of rotatable bonds is 4. The first-order chi connectivity index (χ1) is 15.6. The molecule has 4 aromatic rings. The molecular formula is C24H22ClN5O2. The Bertz CT molecular complexity index is 1290. The summed E-state index contributed by atoms with van der Waals surface area (Å²) in [4.78, 5) is 24.2. The summed E-state index contributed by atoms with van der Waals surface area (Å²) in [6.45, 7) is 3.33. The van der Waals surface area contributed by atoms with Crippen LogP contribution in [0.1, 0.15) is 39.0 Å². The van der Waals surface area contributed by atoms with Crippen molar-refractivity contribution in [3.05, 3.63) is 94.2 Å². The fourth-order valence-corrected chi connectivity index (χ4v) is 4.15. The van der Waals surface area contributed by atoms with E-state index in [2.05, 4.69) is 10.1 Å². The first kappa shape index (κ1) is 20.6. The minimum absolute atomic E-state index is 0.0975. The Morgan fingerprint density at radius 3 is 2.97 bits per heavy atom. The van der Waals surface area contributed by atoms with Gasteiger partial charge in [-0.25, -0.2) is 9.50 Å². The number of halogens is 1. The first-order valence-electron chi connectivity index (χ1n) is 10.5. The van der Waals surface area contributed by atoms with Crippen LogP contribution in [-0.2, 0) is 11.2 Å². The highest BCUT2D eigenvalue weighted by molar-refractivity contribution is 6.30. The van der Waals surface area contributed by atoms with Crippen LogP contribution in [-0.4, -0.2) is 50.1 Å². The molecule has 1 aromatic carbocycles. The van der Waals surface area contributed by atoms with Gasteiger partial charge in [-0.05, 0) is 42.3 Å². The summed E-state index contributed by atoms with van der Waals surface area (Å²) < 4.78 is 7.62. The number of amides is 1. The molecule has 1 aliphatic heterocycles. The Balaban J connectivity index is 1.34. The van der Waals surface area contributed by atoms with E-state index in [1.807, 2.05) is 55.6 Å². The number of carbonyl (C=O) groups is 1. The molecule has 1 amide bonds. The highest BCUT2D eigenvalue weighted by atomic mass is 35.5. The van der Waals surface area contributed by atoms with Gasteiger partial charge < -0.3 is 9.64 Å². The quantitative estimate of drug-likeness (QED) is 0.474. The molecule has 32 heavy (non-hydrogen) atoms. The van der Waals surface area contributed by atoms with Crippen molar-refractivity contribution in [1.82, 2.24) is 24.5 Å². The van der Waals surface area contributed by atoms with Crippen LogP contribution in [0.4, 0.5) is 0 Å². The standard InChI is InChI=1S/C24H22ClN5O2/c1-16-12-26-23-20(13-27-30(23)14-16)24(31)29-8-9-32-22(15-29)21-7-3-6-19(28-21)11-17-4-2-5-18(25)10-17/h2-7,10,12-14,22H,8-9,11,15H2,1H3. The second-order valence-electron chi connectivity index (χ2n) is 7.93. The molecule has 3 aromatic heterocycles. The van der Waals surface area contributed by atoms with E-state index in [1.54, 1.807) is 21.8 Å². The van der Waals surface area contributed by atoms with Crippen LogP contribution in [0.25, 0.3) is 5.65 Å². The minimum atomic E-state index is -0.288. The van der Waals surface area contributed by atoms with Crippen LogP contribution in [0.5, 0.6) is 0 Å². The van der Waals surface area contributed by atoms with Gasteiger partial charge in [0.15, 0.2) is 5.65 Å². The fraction of sp³-hybridized carbons (Fsp3) is 0.250. The van der Waals surface area contributed by atoms with Crippen molar-refractivity contribution in [2.24, 2.45) is 0 Å².